The van der Waals surface area contributed by atoms with Crippen molar-refractivity contribution in [1.82, 2.24) is 9.78 Å². The Labute approximate surface area is 159 Å². The largest absolute Gasteiger partial charge is 0.325 e. The van der Waals surface area contributed by atoms with Crippen molar-refractivity contribution >= 4 is 22.5 Å². The molecule has 0 aliphatic carbocycles. The molecule has 2 aromatic carbocycles. The van der Waals surface area contributed by atoms with Crippen molar-refractivity contribution in [3.8, 4) is 0 Å². The molecule has 0 saturated carbocycles. The predicted octanol–water partition coefficient (Wildman–Crippen LogP) is 5.22. The molecule has 0 bridgehead atoms. The number of carbonyl (C=O) groups is 1. The molecule has 27 heavy (non-hydrogen) atoms. The standard InChI is InChI=1S/C22H26FN3O/c1-14-10-15(2)21-18(20(14)25-19(27)11-22(3,4)5)12-24-26(21)13-16-6-8-17(23)9-7-16/h6-10,12H,11,13H2,1-5H3,(H,25,27). The summed E-state index contributed by atoms with van der Waals surface area (Å²) in [4.78, 5) is 12.5. The molecule has 1 heterocycles. The van der Waals surface area contributed by atoms with Crippen LogP contribution in [0.5, 0.6) is 0 Å². The van der Waals surface area contributed by atoms with E-state index in [4.69, 9.17) is 0 Å². The SMILES string of the molecule is Cc1cc(C)c2c(cnn2Cc2ccc(F)cc2)c1NC(=O)CC(C)(C)C. The first kappa shape index (κ1) is 19.1. The van der Waals surface area contributed by atoms with Gasteiger partial charge in [-0.2, -0.15) is 5.10 Å². The number of fused-ring (bicyclic) bond motifs is 1. The maximum Gasteiger partial charge on any atom is 0.224 e. The number of carbonyl (C=O) groups excluding carboxylic acids is 1. The van der Waals surface area contributed by atoms with Gasteiger partial charge in [0.05, 0.1) is 23.9 Å². The zero-order chi connectivity index (χ0) is 19.8. The van der Waals surface area contributed by atoms with E-state index in [0.29, 0.717) is 13.0 Å². The molecule has 1 N–H and O–H groups in total. The molecule has 3 rings (SSSR count). The fourth-order valence-corrected chi connectivity index (χ4v) is 3.38. The van der Waals surface area contributed by atoms with E-state index in [9.17, 15) is 9.18 Å². The number of benzene rings is 2. The second-order valence-corrected chi connectivity index (χ2v) is 8.36. The lowest BCUT2D eigenvalue weighted by Gasteiger charge is -2.19. The molecular weight excluding hydrogens is 341 g/mol. The van der Waals surface area contributed by atoms with E-state index in [1.807, 2.05) is 39.3 Å². The van der Waals surface area contributed by atoms with Gasteiger partial charge >= 0.3 is 0 Å². The summed E-state index contributed by atoms with van der Waals surface area (Å²) in [5.41, 5.74) is 4.81. The Hall–Kier alpha value is -2.69. The average Bonchev–Trinajstić information content (AvgIpc) is 2.96. The minimum absolute atomic E-state index is 0.00189. The highest BCUT2D eigenvalue weighted by molar-refractivity contribution is 6.03. The first-order valence-electron chi connectivity index (χ1n) is 9.14. The van der Waals surface area contributed by atoms with E-state index in [-0.39, 0.29) is 17.1 Å². The number of hydrogen-bond acceptors (Lipinski definition) is 2. The van der Waals surface area contributed by atoms with Crippen molar-refractivity contribution in [2.45, 2.75) is 47.6 Å². The van der Waals surface area contributed by atoms with Crippen LogP contribution in [0.4, 0.5) is 10.1 Å². The highest BCUT2D eigenvalue weighted by atomic mass is 19.1. The quantitative estimate of drug-likeness (QED) is 0.687. The number of halogens is 1. The van der Waals surface area contributed by atoms with Crippen molar-refractivity contribution in [3.63, 3.8) is 0 Å². The maximum atomic E-state index is 13.2. The number of nitrogens with one attached hydrogen (secondary N) is 1. The molecule has 0 aliphatic rings. The molecule has 0 unspecified atom stereocenters. The van der Waals surface area contributed by atoms with E-state index in [2.05, 4.69) is 16.5 Å². The van der Waals surface area contributed by atoms with Gasteiger partial charge in [0.2, 0.25) is 5.91 Å². The summed E-state index contributed by atoms with van der Waals surface area (Å²) in [6.07, 6.45) is 2.25. The van der Waals surface area contributed by atoms with Crippen molar-refractivity contribution in [2.75, 3.05) is 5.32 Å². The Bertz CT molecular complexity index is 981. The summed E-state index contributed by atoms with van der Waals surface area (Å²) in [6, 6.07) is 8.50. The van der Waals surface area contributed by atoms with Gasteiger partial charge < -0.3 is 5.32 Å². The second kappa shape index (κ2) is 7.14. The van der Waals surface area contributed by atoms with Crippen LogP contribution in [0.3, 0.4) is 0 Å². The van der Waals surface area contributed by atoms with E-state index in [1.54, 1.807) is 18.3 Å². The monoisotopic (exact) mass is 367 g/mol. The topological polar surface area (TPSA) is 46.9 Å². The van der Waals surface area contributed by atoms with Gasteiger partial charge in [0.1, 0.15) is 5.82 Å². The Morgan fingerprint density at radius 3 is 2.44 bits per heavy atom. The normalized spacial score (nSPS) is 11.8. The smallest absolute Gasteiger partial charge is 0.224 e. The molecule has 142 valence electrons. The Morgan fingerprint density at radius 1 is 1.15 bits per heavy atom. The van der Waals surface area contributed by atoms with Crippen LogP contribution in [0.2, 0.25) is 0 Å². The third-order valence-corrected chi connectivity index (χ3v) is 4.51. The van der Waals surface area contributed by atoms with Crippen LogP contribution in [0.15, 0.2) is 36.5 Å². The van der Waals surface area contributed by atoms with Crippen molar-refractivity contribution in [3.05, 3.63) is 59.0 Å². The van der Waals surface area contributed by atoms with Gasteiger partial charge in [0.15, 0.2) is 0 Å². The lowest BCUT2D eigenvalue weighted by Crippen LogP contribution is -2.20. The Balaban J connectivity index is 1.98. The van der Waals surface area contributed by atoms with E-state index < -0.39 is 0 Å². The van der Waals surface area contributed by atoms with Gasteiger partial charge in [0, 0.05) is 11.8 Å². The fraction of sp³-hybridized carbons (Fsp3) is 0.364. The van der Waals surface area contributed by atoms with Gasteiger partial charge in [-0.3, -0.25) is 9.48 Å². The summed E-state index contributed by atoms with van der Waals surface area (Å²) in [5, 5.41) is 8.54. The van der Waals surface area contributed by atoms with Gasteiger partial charge in [-0.15, -0.1) is 0 Å². The van der Waals surface area contributed by atoms with E-state index in [0.717, 1.165) is 33.3 Å². The van der Waals surface area contributed by atoms with Crippen LogP contribution in [-0.4, -0.2) is 15.7 Å². The highest BCUT2D eigenvalue weighted by Gasteiger charge is 2.19. The van der Waals surface area contributed by atoms with Crippen molar-refractivity contribution in [2.24, 2.45) is 5.41 Å². The molecule has 4 nitrogen and oxygen atoms in total. The molecule has 3 aromatic rings. The molecule has 1 aromatic heterocycles. The lowest BCUT2D eigenvalue weighted by atomic mass is 9.92. The third-order valence-electron chi connectivity index (χ3n) is 4.51. The predicted molar refractivity (Wildman–Crippen MR) is 107 cm³/mol. The number of aromatic nitrogens is 2. The summed E-state index contributed by atoms with van der Waals surface area (Å²) in [5.74, 6) is -0.248. The van der Waals surface area contributed by atoms with Gasteiger partial charge in [0.25, 0.3) is 0 Å². The molecule has 0 radical (unpaired) electrons. The molecule has 0 aliphatic heterocycles. The Kier molecular flexibility index (Phi) is 5.05. The second-order valence-electron chi connectivity index (χ2n) is 8.36. The molecule has 0 fully saturated rings. The molecule has 5 heteroatoms. The lowest BCUT2D eigenvalue weighted by molar-refractivity contribution is -0.117. The fourth-order valence-electron chi connectivity index (χ4n) is 3.38. The van der Waals surface area contributed by atoms with Crippen LogP contribution in [0.1, 0.15) is 43.9 Å². The Morgan fingerprint density at radius 2 is 1.81 bits per heavy atom. The van der Waals surface area contributed by atoms with Crippen molar-refractivity contribution < 1.29 is 9.18 Å². The summed E-state index contributed by atoms with van der Waals surface area (Å²) in [7, 11) is 0. The van der Waals surface area contributed by atoms with Gasteiger partial charge in [-0.05, 0) is 48.1 Å². The summed E-state index contributed by atoms with van der Waals surface area (Å²) in [6.45, 7) is 10.7. The van der Waals surface area contributed by atoms with Crippen molar-refractivity contribution in [1.29, 1.82) is 0 Å². The van der Waals surface area contributed by atoms with Crippen LogP contribution in [0.25, 0.3) is 10.9 Å². The summed E-state index contributed by atoms with van der Waals surface area (Å²) >= 11 is 0. The number of hydrogen-bond donors (Lipinski definition) is 1. The third kappa shape index (κ3) is 4.35. The van der Waals surface area contributed by atoms with Gasteiger partial charge in [-0.25, -0.2) is 4.39 Å². The highest BCUT2D eigenvalue weighted by Crippen LogP contribution is 2.31. The zero-order valence-corrected chi connectivity index (χ0v) is 16.6. The molecular formula is C22H26FN3O. The first-order chi connectivity index (χ1) is 12.6. The van der Waals surface area contributed by atoms with E-state index in [1.165, 1.54) is 12.1 Å². The molecule has 1 amide bonds. The molecule has 0 atom stereocenters. The first-order valence-corrected chi connectivity index (χ1v) is 9.14. The number of rotatable bonds is 4. The van der Waals surface area contributed by atoms with Crippen LogP contribution in [0, 0.1) is 25.1 Å². The zero-order valence-electron chi connectivity index (χ0n) is 16.6. The minimum Gasteiger partial charge on any atom is -0.325 e. The van der Waals surface area contributed by atoms with Crippen LogP contribution >= 0.6 is 0 Å². The van der Waals surface area contributed by atoms with Gasteiger partial charge in [-0.1, -0.05) is 39.0 Å². The minimum atomic E-state index is -0.250. The number of amides is 1. The van der Waals surface area contributed by atoms with E-state index >= 15 is 0 Å². The maximum absolute atomic E-state index is 13.2. The average molecular weight is 367 g/mol. The number of aryl methyl sites for hydroxylation is 2. The van der Waals surface area contributed by atoms with Crippen LogP contribution in [-0.2, 0) is 11.3 Å². The van der Waals surface area contributed by atoms with Crippen LogP contribution < -0.4 is 5.32 Å². The number of anilines is 1. The summed E-state index contributed by atoms with van der Waals surface area (Å²) < 4.78 is 15.1. The number of nitrogens with zero attached hydrogens (tertiary/aromatic N) is 2. The molecule has 0 spiro atoms. The molecule has 0 saturated heterocycles.